The van der Waals surface area contributed by atoms with Crippen molar-refractivity contribution in [3.8, 4) is 6.07 Å². The van der Waals surface area contributed by atoms with Crippen LogP contribution in [0.5, 0.6) is 0 Å². The van der Waals surface area contributed by atoms with E-state index in [0.29, 0.717) is 5.41 Å². The Bertz CT molecular complexity index is 298. The minimum Gasteiger partial charge on any atom is -0.192 e. The van der Waals surface area contributed by atoms with Gasteiger partial charge in [0.05, 0.1) is 11.6 Å². The number of rotatable bonds is 1. The molecule has 1 heterocycles. The topological polar surface area (TPSA) is 23.8 Å². The summed E-state index contributed by atoms with van der Waals surface area (Å²) >= 11 is 1.68. The van der Waals surface area contributed by atoms with Crippen LogP contribution in [0.4, 0.5) is 0 Å². The Balaban J connectivity index is 2.72. The van der Waals surface area contributed by atoms with Gasteiger partial charge in [-0.2, -0.15) is 5.26 Å². The van der Waals surface area contributed by atoms with Gasteiger partial charge in [-0.05, 0) is 17.9 Å². The van der Waals surface area contributed by atoms with Crippen LogP contribution < -0.4 is 0 Å². The van der Waals surface area contributed by atoms with Crippen LogP contribution in [0.3, 0.4) is 0 Å². The zero-order valence-corrected chi connectivity index (χ0v) is 8.53. The molecule has 0 saturated heterocycles. The van der Waals surface area contributed by atoms with Gasteiger partial charge in [0.25, 0.3) is 0 Å². The van der Waals surface area contributed by atoms with E-state index in [0.717, 1.165) is 12.0 Å². The Kier molecular flexibility index (Phi) is 2.54. The van der Waals surface area contributed by atoms with Crippen LogP contribution in [0.1, 0.15) is 31.2 Å². The van der Waals surface area contributed by atoms with Gasteiger partial charge in [-0.1, -0.05) is 20.8 Å². The average Bonchev–Trinajstić information content (AvgIpc) is 2.32. The lowest BCUT2D eigenvalue weighted by Gasteiger charge is -2.15. The molecule has 0 fully saturated rings. The molecule has 0 atom stereocenters. The van der Waals surface area contributed by atoms with Crippen LogP contribution in [0.15, 0.2) is 11.4 Å². The fraction of sp³-hybridized carbons (Fsp3) is 0.500. The Morgan fingerprint density at radius 2 is 2.17 bits per heavy atom. The second-order valence-corrected chi connectivity index (χ2v) is 5.15. The first-order valence-corrected chi connectivity index (χ1v) is 4.87. The Morgan fingerprint density at radius 3 is 2.58 bits per heavy atom. The largest absolute Gasteiger partial charge is 0.192 e. The summed E-state index contributed by atoms with van der Waals surface area (Å²) < 4.78 is 0. The van der Waals surface area contributed by atoms with Crippen molar-refractivity contribution in [1.82, 2.24) is 0 Å². The molecule has 0 aliphatic carbocycles. The molecule has 1 rings (SSSR count). The molecule has 12 heavy (non-hydrogen) atoms. The number of thiophene rings is 1. The summed E-state index contributed by atoms with van der Waals surface area (Å²) in [7, 11) is 0. The first kappa shape index (κ1) is 9.28. The molecule has 0 aliphatic heterocycles. The van der Waals surface area contributed by atoms with E-state index >= 15 is 0 Å². The van der Waals surface area contributed by atoms with Crippen molar-refractivity contribution >= 4 is 11.3 Å². The third kappa shape index (κ3) is 2.67. The maximum Gasteiger partial charge on any atom is 0.1000 e. The molecule has 0 bridgehead atoms. The molecule has 0 radical (unpaired) electrons. The summed E-state index contributed by atoms with van der Waals surface area (Å²) in [4.78, 5) is 1.30. The molecule has 0 aliphatic rings. The highest BCUT2D eigenvalue weighted by molar-refractivity contribution is 7.10. The fourth-order valence-electron chi connectivity index (χ4n) is 1.05. The second-order valence-electron chi connectivity index (χ2n) is 4.15. The average molecular weight is 179 g/mol. The molecule has 1 aromatic rings. The lowest BCUT2D eigenvalue weighted by molar-refractivity contribution is 0.414. The molecule has 64 valence electrons. The lowest BCUT2D eigenvalue weighted by atomic mass is 9.91. The predicted octanol–water partition coefficient (Wildman–Crippen LogP) is 3.21. The minimum absolute atomic E-state index is 0.317. The molecule has 1 nitrogen and oxygen atoms in total. The smallest absolute Gasteiger partial charge is 0.1000 e. The summed E-state index contributed by atoms with van der Waals surface area (Å²) in [6.45, 7) is 6.62. The van der Waals surface area contributed by atoms with Crippen molar-refractivity contribution < 1.29 is 0 Å². The van der Waals surface area contributed by atoms with Gasteiger partial charge < -0.3 is 0 Å². The SMILES string of the molecule is CC(C)(C)Cc1cc(C#N)cs1. The zero-order chi connectivity index (χ0) is 9.19. The van der Waals surface area contributed by atoms with E-state index in [1.807, 2.05) is 11.4 Å². The normalized spacial score (nSPS) is 11.2. The standard InChI is InChI=1S/C10H13NS/c1-10(2,3)5-9-4-8(6-11)7-12-9/h4,7H,5H2,1-3H3. The zero-order valence-electron chi connectivity index (χ0n) is 7.72. The molecule has 0 unspecified atom stereocenters. The van der Waals surface area contributed by atoms with E-state index in [1.54, 1.807) is 11.3 Å². The maximum atomic E-state index is 8.61. The third-order valence-electron chi connectivity index (χ3n) is 1.49. The Hall–Kier alpha value is -0.810. The number of hydrogen-bond acceptors (Lipinski definition) is 2. The Labute approximate surface area is 77.7 Å². The van der Waals surface area contributed by atoms with Gasteiger partial charge in [-0.3, -0.25) is 0 Å². The molecule has 1 aromatic heterocycles. The van der Waals surface area contributed by atoms with E-state index < -0.39 is 0 Å². The van der Waals surface area contributed by atoms with Crippen molar-refractivity contribution in [2.24, 2.45) is 5.41 Å². The molecule has 0 saturated carbocycles. The molecule has 0 N–H and O–H groups in total. The fourth-order valence-corrected chi connectivity index (χ4v) is 2.17. The van der Waals surface area contributed by atoms with Crippen LogP contribution >= 0.6 is 11.3 Å². The first-order valence-electron chi connectivity index (χ1n) is 3.99. The minimum atomic E-state index is 0.317. The van der Waals surface area contributed by atoms with Crippen LogP contribution in [-0.2, 0) is 6.42 Å². The van der Waals surface area contributed by atoms with Crippen LogP contribution in [-0.4, -0.2) is 0 Å². The van der Waals surface area contributed by atoms with E-state index in [-0.39, 0.29) is 0 Å². The quantitative estimate of drug-likeness (QED) is 0.649. The molecule has 0 amide bonds. The van der Waals surface area contributed by atoms with Gasteiger partial charge in [0.15, 0.2) is 0 Å². The highest BCUT2D eigenvalue weighted by Gasteiger charge is 2.12. The third-order valence-corrected chi connectivity index (χ3v) is 2.42. The Morgan fingerprint density at radius 1 is 1.50 bits per heavy atom. The summed E-state index contributed by atoms with van der Waals surface area (Å²) in [6, 6.07) is 4.13. The van der Waals surface area contributed by atoms with E-state index in [1.165, 1.54) is 4.88 Å². The van der Waals surface area contributed by atoms with E-state index in [2.05, 4.69) is 26.8 Å². The van der Waals surface area contributed by atoms with Crippen LogP contribution in [0.25, 0.3) is 0 Å². The van der Waals surface area contributed by atoms with Crippen molar-refractivity contribution in [1.29, 1.82) is 5.26 Å². The molecular weight excluding hydrogens is 166 g/mol. The highest BCUT2D eigenvalue weighted by Crippen LogP contribution is 2.24. The predicted molar refractivity (Wildman–Crippen MR) is 52.2 cm³/mol. The number of nitrogens with zero attached hydrogens (tertiary/aromatic N) is 1. The van der Waals surface area contributed by atoms with Crippen LogP contribution in [0, 0.1) is 16.7 Å². The highest BCUT2D eigenvalue weighted by atomic mass is 32.1. The summed E-state index contributed by atoms with van der Waals surface area (Å²) in [6.07, 6.45) is 1.05. The second kappa shape index (κ2) is 3.28. The van der Waals surface area contributed by atoms with Gasteiger partial charge in [0.1, 0.15) is 0 Å². The van der Waals surface area contributed by atoms with E-state index in [9.17, 15) is 0 Å². The van der Waals surface area contributed by atoms with Gasteiger partial charge in [0.2, 0.25) is 0 Å². The first-order chi connectivity index (χ1) is 5.51. The number of nitriles is 1. The summed E-state index contributed by atoms with van der Waals surface area (Å²) in [5.74, 6) is 0. The van der Waals surface area contributed by atoms with Gasteiger partial charge in [0, 0.05) is 10.3 Å². The number of hydrogen-bond donors (Lipinski definition) is 0. The lowest BCUT2D eigenvalue weighted by Crippen LogP contribution is -2.07. The van der Waals surface area contributed by atoms with Crippen molar-refractivity contribution in [2.45, 2.75) is 27.2 Å². The monoisotopic (exact) mass is 179 g/mol. The molecule has 0 spiro atoms. The van der Waals surface area contributed by atoms with E-state index in [4.69, 9.17) is 5.26 Å². The molecule has 2 heteroatoms. The van der Waals surface area contributed by atoms with Gasteiger partial charge >= 0.3 is 0 Å². The van der Waals surface area contributed by atoms with Gasteiger partial charge in [-0.25, -0.2) is 0 Å². The van der Waals surface area contributed by atoms with Crippen LogP contribution in [0.2, 0.25) is 0 Å². The van der Waals surface area contributed by atoms with Gasteiger partial charge in [-0.15, -0.1) is 11.3 Å². The summed E-state index contributed by atoms with van der Waals surface area (Å²) in [5.41, 5.74) is 1.11. The van der Waals surface area contributed by atoms with Crippen molar-refractivity contribution in [3.63, 3.8) is 0 Å². The van der Waals surface area contributed by atoms with Crippen molar-refractivity contribution in [3.05, 3.63) is 21.9 Å². The maximum absolute atomic E-state index is 8.61. The molecule has 0 aromatic carbocycles. The molecular formula is C10H13NS. The summed E-state index contributed by atoms with van der Waals surface area (Å²) in [5, 5.41) is 10.5. The van der Waals surface area contributed by atoms with Crippen molar-refractivity contribution in [2.75, 3.05) is 0 Å².